The Hall–Kier alpha value is -2.59. The molecule has 0 unspecified atom stereocenters. The van der Waals surface area contributed by atoms with Gasteiger partial charge in [0.2, 0.25) is 0 Å². The lowest BCUT2D eigenvalue weighted by Gasteiger charge is -2.05. The second kappa shape index (κ2) is 8.15. The first-order valence-corrected chi connectivity index (χ1v) is 7.38. The third kappa shape index (κ3) is 5.60. The molecule has 0 fully saturated rings. The molecule has 0 radical (unpaired) electrons. The van der Waals surface area contributed by atoms with Gasteiger partial charge in [-0.15, -0.1) is 0 Å². The van der Waals surface area contributed by atoms with Crippen molar-refractivity contribution in [2.45, 2.75) is 6.92 Å². The minimum absolute atomic E-state index is 0.358. The summed E-state index contributed by atoms with van der Waals surface area (Å²) in [6.07, 6.45) is 2.96. The van der Waals surface area contributed by atoms with Crippen molar-refractivity contribution in [3.8, 4) is 0 Å². The van der Waals surface area contributed by atoms with Crippen LogP contribution in [0.4, 0.5) is 5.69 Å². The van der Waals surface area contributed by atoms with Crippen LogP contribution in [0.2, 0.25) is 5.02 Å². The van der Waals surface area contributed by atoms with Gasteiger partial charge in [-0.25, -0.2) is 4.79 Å². The van der Waals surface area contributed by atoms with Gasteiger partial charge < -0.3 is 10.1 Å². The van der Waals surface area contributed by atoms with Crippen molar-refractivity contribution in [3.63, 3.8) is 0 Å². The molecule has 0 saturated carbocycles. The molecule has 0 heterocycles. The molecule has 0 spiro atoms. The number of halogens is 1. The van der Waals surface area contributed by atoms with Crippen LogP contribution in [0.15, 0.2) is 54.6 Å². The Morgan fingerprint density at radius 3 is 2.70 bits per heavy atom. The van der Waals surface area contributed by atoms with E-state index in [2.05, 4.69) is 5.32 Å². The first kappa shape index (κ1) is 16.8. The van der Waals surface area contributed by atoms with Gasteiger partial charge in [0.15, 0.2) is 6.61 Å². The summed E-state index contributed by atoms with van der Waals surface area (Å²) in [6, 6.07) is 14.4. The maximum atomic E-state index is 11.7. The summed E-state index contributed by atoms with van der Waals surface area (Å²) in [4.78, 5) is 23.3. The quantitative estimate of drug-likeness (QED) is 0.669. The van der Waals surface area contributed by atoms with Gasteiger partial charge in [-0.3, -0.25) is 4.79 Å². The average molecular weight is 330 g/mol. The minimum atomic E-state index is -0.575. The Balaban J connectivity index is 1.82. The number of ether oxygens (including phenoxy) is 1. The van der Waals surface area contributed by atoms with Crippen molar-refractivity contribution in [3.05, 3.63) is 70.8 Å². The molecular formula is C18H16ClNO3. The average Bonchev–Trinajstić information content (AvgIpc) is 2.52. The van der Waals surface area contributed by atoms with Crippen molar-refractivity contribution >= 4 is 35.2 Å². The van der Waals surface area contributed by atoms with Crippen LogP contribution in [0, 0.1) is 6.92 Å². The number of anilines is 1. The van der Waals surface area contributed by atoms with Gasteiger partial charge in [-0.1, -0.05) is 41.9 Å². The molecule has 23 heavy (non-hydrogen) atoms. The highest BCUT2D eigenvalue weighted by molar-refractivity contribution is 6.30. The van der Waals surface area contributed by atoms with Crippen molar-refractivity contribution in [2.24, 2.45) is 0 Å². The summed E-state index contributed by atoms with van der Waals surface area (Å²) in [6.45, 7) is 1.59. The predicted molar refractivity (Wildman–Crippen MR) is 91.3 cm³/mol. The van der Waals surface area contributed by atoms with E-state index in [0.29, 0.717) is 10.7 Å². The summed E-state index contributed by atoms with van der Waals surface area (Å²) in [5.74, 6) is -1.00. The smallest absolute Gasteiger partial charge is 0.331 e. The van der Waals surface area contributed by atoms with Crippen LogP contribution in [-0.2, 0) is 14.3 Å². The molecule has 0 aliphatic rings. The summed E-state index contributed by atoms with van der Waals surface area (Å²) >= 11 is 5.82. The molecule has 2 aromatic rings. The molecule has 0 saturated heterocycles. The number of benzene rings is 2. The molecule has 1 N–H and O–H groups in total. The molecule has 2 aromatic carbocycles. The number of nitrogens with one attached hydrogen (secondary N) is 1. The van der Waals surface area contributed by atoms with Gasteiger partial charge >= 0.3 is 5.97 Å². The Morgan fingerprint density at radius 2 is 1.96 bits per heavy atom. The third-order valence-electron chi connectivity index (χ3n) is 3.04. The highest BCUT2D eigenvalue weighted by Gasteiger charge is 2.06. The largest absolute Gasteiger partial charge is 0.452 e. The number of rotatable bonds is 5. The number of aryl methyl sites for hydroxylation is 1. The Kier molecular flexibility index (Phi) is 5.94. The lowest BCUT2D eigenvalue weighted by molar-refractivity contribution is -0.142. The lowest BCUT2D eigenvalue weighted by Crippen LogP contribution is -2.20. The number of carbonyl (C=O) groups excluding carboxylic acids is 2. The summed E-state index contributed by atoms with van der Waals surface area (Å²) in [5.41, 5.74) is 2.53. The first-order valence-electron chi connectivity index (χ1n) is 7.00. The van der Waals surface area contributed by atoms with Crippen LogP contribution in [-0.4, -0.2) is 18.5 Å². The Morgan fingerprint density at radius 1 is 1.17 bits per heavy atom. The summed E-state index contributed by atoms with van der Waals surface area (Å²) in [5, 5.41) is 3.11. The highest BCUT2D eigenvalue weighted by Crippen LogP contribution is 2.14. The maximum absolute atomic E-state index is 11.7. The number of esters is 1. The first-order chi connectivity index (χ1) is 11.0. The highest BCUT2D eigenvalue weighted by atomic mass is 35.5. The zero-order valence-electron chi connectivity index (χ0n) is 12.6. The van der Waals surface area contributed by atoms with Gasteiger partial charge in [-0.05, 0) is 42.3 Å². The molecule has 0 aromatic heterocycles. The molecule has 0 aliphatic heterocycles. The van der Waals surface area contributed by atoms with E-state index in [1.54, 1.807) is 30.3 Å². The molecule has 0 bridgehead atoms. The molecule has 118 valence electrons. The molecule has 1 amide bonds. The van der Waals surface area contributed by atoms with Gasteiger partial charge in [0.1, 0.15) is 0 Å². The number of hydrogen-bond acceptors (Lipinski definition) is 3. The van der Waals surface area contributed by atoms with E-state index in [-0.39, 0.29) is 6.61 Å². The van der Waals surface area contributed by atoms with E-state index in [1.165, 1.54) is 6.08 Å². The van der Waals surface area contributed by atoms with Crippen LogP contribution in [0.1, 0.15) is 11.1 Å². The zero-order valence-corrected chi connectivity index (χ0v) is 13.3. The SMILES string of the molecule is Cc1ccccc1/C=C/C(=O)OCC(=O)Nc1cccc(Cl)c1. The third-order valence-corrected chi connectivity index (χ3v) is 3.28. The molecule has 5 heteroatoms. The van der Waals surface area contributed by atoms with Gasteiger partial charge in [0, 0.05) is 16.8 Å². The normalized spacial score (nSPS) is 10.5. The van der Waals surface area contributed by atoms with Gasteiger partial charge in [0.05, 0.1) is 0 Å². The molecular weight excluding hydrogens is 314 g/mol. The number of amides is 1. The molecule has 0 aliphatic carbocycles. The molecule has 2 rings (SSSR count). The fourth-order valence-corrected chi connectivity index (χ4v) is 2.07. The van der Waals surface area contributed by atoms with E-state index >= 15 is 0 Å². The van der Waals surface area contributed by atoms with Crippen LogP contribution in [0.3, 0.4) is 0 Å². The van der Waals surface area contributed by atoms with Crippen LogP contribution >= 0.6 is 11.6 Å². The predicted octanol–water partition coefficient (Wildman–Crippen LogP) is 3.84. The second-order valence-corrected chi connectivity index (χ2v) is 5.29. The second-order valence-electron chi connectivity index (χ2n) is 4.86. The van der Waals surface area contributed by atoms with Crippen LogP contribution in [0.25, 0.3) is 6.08 Å². The standard InChI is InChI=1S/C18H16ClNO3/c1-13-5-2-3-6-14(13)9-10-18(22)23-12-17(21)20-16-8-4-7-15(19)11-16/h2-11H,12H2,1H3,(H,20,21)/b10-9+. The Bertz CT molecular complexity index is 741. The van der Waals surface area contributed by atoms with E-state index in [0.717, 1.165) is 11.1 Å². The van der Waals surface area contributed by atoms with E-state index in [4.69, 9.17) is 16.3 Å². The van der Waals surface area contributed by atoms with Crippen molar-refractivity contribution < 1.29 is 14.3 Å². The van der Waals surface area contributed by atoms with Crippen LogP contribution in [0.5, 0.6) is 0 Å². The van der Waals surface area contributed by atoms with Gasteiger partial charge in [-0.2, -0.15) is 0 Å². The number of hydrogen-bond donors (Lipinski definition) is 1. The Labute approximate surface area is 139 Å². The topological polar surface area (TPSA) is 55.4 Å². The monoisotopic (exact) mass is 329 g/mol. The molecule has 4 nitrogen and oxygen atoms in total. The van der Waals surface area contributed by atoms with Crippen LogP contribution < -0.4 is 5.32 Å². The fraction of sp³-hybridized carbons (Fsp3) is 0.111. The maximum Gasteiger partial charge on any atom is 0.331 e. The fourth-order valence-electron chi connectivity index (χ4n) is 1.88. The lowest BCUT2D eigenvalue weighted by atomic mass is 10.1. The van der Waals surface area contributed by atoms with E-state index in [9.17, 15) is 9.59 Å². The summed E-state index contributed by atoms with van der Waals surface area (Å²) in [7, 11) is 0. The zero-order chi connectivity index (χ0) is 16.7. The molecule has 0 atom stereocenters. The van der Waals surface area contributed by atoms with Gasteiger partial charge in [0.25, 0.3) is 5.91 Å². The minimum Gasteiger partial charge on any atom is -0.452 e. The van der Waals surface area contributed by atoms with Crippen molar-refractivity contribution in [2.75, 3.05) is 11.9 Å². The van der Waals surface area contributed by atoms with E-state index in [1.807, 2.05) is 31.2 Å². The summed E-state index contributed by atoms with van der Waals surface area (Å²) < 4.78 is 4.90. The van der Waals surface area contributed by atoms with E-state index < -0.39 is 11.9 Å². The van der Waals surface area contributed by atoms with Crippen molar-refractivity contribution in [1.82, 2.24) is 0 Å². The van der Waals surface area contributed by atoms with Crippen molar-refractivity contribution in [1.29, 1.82) is 0 Å². The number of carbonyl (C=O) groups is 2.